The van der Waals surface area contributed by atoms with E-state index in [1.54, 1.807) is 18.5 Å². The molecule has 3 aromatic rings. The Labute approximate surface area is 167 Å². The molecule has 0 aliphatic carbocycles. The minimum atomic E-state index is -0.179. The second-order valence-corrected chi connectivity index (χ2v) is 6.92. The van der Waals surface area contributed by atoms with Crippen molar-refractivity contribution in [3.8, 4) is 11.5 Å². The molecular formula is C20H22N6O3. The standard InChI is InChI=1S/C20H22N6O3/c27-19-6-1-9-22-26(19)12-10-21-20(28)15-4-2-11-25(14-15)18-8-7-16(23-24-18)17-5-3-13-29-17/h1,3,5-9,13,15H,2,4,10-12,14H2,(H,21,28). The van der Waals surface area contributed by atoms with Gasteiger partial charge in [-0.1, -0.05) is 0 Å². The van der Waals surface area contributed by atoms with Crippen LogP contribution in [0.1, 0.15) is 12.8 Å². The fourth-order valence-electron chi connectivity index (χ4n) is 3.43. The molecule has 29 heavy (non-hydrogen) atoms. The number of hydrogen-bond acceptors (Lipinski definition) is 7. The van der Waals surface area contributed by atoms with Gasteiger partial charge in [0.2, 0.25) is 5.91 Å². The van der Waals surface area contributed by atoms with E-state index in [-0.39, 0.29) is 17.4 Å². The summed E-state index contributed by atoms with van der Waals surface area (Å²) in [5.74, 6) is 1.28. The minimum Gasteiger partial charge on any atom is -0.463 e. The highest BCUT2D eigenvalue weighted by atomic mass is 16.3. The highest BCUT2D eigenvalue weighted by Crippen LogP contribution is 2.23. The Balaban J connectivity index is 1.32. The van der Waals surface area contributed by atoms with Gasteiger partial charge in [-0.2, -0.15) is 5.10 Å². The molecule has 4 heterocycles. The smallest absolute Gasteiger partial charge is 0.266 e. The van der Waals surface area contributed by atoms with Gasteiger partial charge >= 0.3 is 0 Å². The Hall–Kier alpha value is -3.49. The number of nitrogens with one attached hydrogen (secondary N) is 1. The topological polar surface area (TPSA) is 106 Å². The third kappa shape index (κ3) is 4.50. The normalized spacial score (nSPS) is 16.6. The van der Waals surface area contributed by atoms with Gasteiger partial charge in [-0.25, -0.2) is 4.68 Å². The summed E-state index contributed by atoms with van der Waals surface area (Å²) in [4.78, 5) is 26.3. The molecular weight excluding hydrogens is 372 g/mol. The van der Waals surface area contributed by atoms with E-state index >= 15 is 0 Å². The van der Waals surface area contributed by atoms with Gasteiger partial charge in [0.25, 0.3) is 5.56 Å². The zero-order valence-corrected chi connectivity index (χ0v) is 15.9. The first-order valence-corrected chi connectivity index (χ1v) is 9.63. The summed E-state index contributed by atoms with van der Waals surface area (Å²) in [6.07, 6.45) is 4.88. The van der Waals surface area contributed by atoms with Crippen LogP contribution in [-0.2, 0) is 11.3 Å². The zero-order valence-electron chi connectivity index (χ0n) is 15.9. The van der Waals surface area contributed by atoms with Crippen LogP contribution in [0, 0.1) is 5.92 Å². The van der Waals surface area contributed by atoms with Crippen LogP contribution in [0.5, 0.6) is 0 Å². The van der Waals surface area contributed by atoms with Gasteiger partial charge in [-0.3, -0.25) is 9.59 Å². The van der Waals surface area contributed by atoms with Gasteiger partial charge in [-0.15, -0.1) is 10.2 Å². The van der Waals surface area contributed by atoms with E-state index in [1.807, 2.05) is 24.3 Å². The molecule has 1 saturated heterocycles. The van der Waals surface area contributed by atoms with E-state index in [1.165, 1.54) is 10.7 Å². The van der Waals surface area contributed by atoms with E-state index in [4.69, 9.17) is 4.42 Å². The number of hydrogen-bond donors (Lipinski definition) is 1. The van der Waals surface area contributed by atoms with Crippen molar-refractivity contribution >= 4 is 11.7 Å². The molecule has 1 aliphatic heterocycles. The molecule has 1 aliphatic rings. The predicted octanol–water partition coefficient (Wildman–Crippen LogP) is 1.33. The zero-order chi connectivity index (χ0) is 20.1. The molecule has 0 saturated carbocycles. The van der Waals surface area contributed by atoms with Gasteiger partial charge in [0.05, 0.1) is 18.7 Å². The third-order valence-corrected chi connectivity index (χ3v) is 4.95. The van der Waals surface area contributed by atoms with E-state index in [9.17, 15) is 9.59 Å². The molecule has 1 amide bonds. The van der Waals surface area contributed by atoms with Crippen molar-refractivity contribution in [2.75, 3.05) is 24.5 Å². The molecule has 0 aromatic carbocycles. The molecule has 3 aromatic heterocycles. The number of aromatic nitrogens is 4. The van der Waals surface area contributed by atoms with E-state index in [2.05, 4.69) is 25.5 Å². The maximum absolute atomic E-state index is 12.6. The van der Waals surface area contributed by atoms with E-state index < -0.39 is 0 Å². The quantitative estimate of drug-likeness (QED) is 0.672. The number of furan rings is 1. The summed E-state index contributed by atoms with van der Waals surface area (Å²) in [6, 6.07) is 10.5. The fraction of sp³-hybridized carbons (Fsp3) is 0.350. The van der Waals surface area contributed by atoms with Crippen molar-refractivity contribution in [3.63, 3.8) is 0 Å². The largest absolute Gasteiger partial charge is 0.463 e. The maximum Gasteiger partial charge on any atom is 0.266 e. The summed E-state index contributed by atoms with van der Waals surface area (Å²) in [5.41, 5.74) is 0.497. The molecule has 1 unspecified atom stereocenters. The van der Waals surface area contributed by atoms with Gasteiger partial charge in [0.15, 0.2) is 11.6 Å². The lowest BCUT2D eigenvalue weighted by Gasteiger charge is -2.32. The summed E-state index contributed by atoms with van der Waals surface area (Å²) < 4.78 is 6.67. The first kappa shape index (κ1) is 18.9. The molecule has 1 atom stereocenters. The van der Waals surface area contributed by atoms with E-state index in [0.717, 1.165) is 25.2 Å². The number of carbonyl (C=O) groups is 1. The predicted molar refractivity (Wildman–Crippen MR) is 106 cm³/mol. The van der Waals surface area contributed by atoms with Gasteiger partial charge in [0.1, 0.15) is 5.69 Å². The van der Waals surface area contributed by atoms with Crippen LogP contribution in [0.15, 0.2) is 58.1 Å². The summed E-state index contributed by atoms with van der Waals surface area (Å²) in [6.45, 7) is 2.14. The Bertz CT molecular complexity index is 1000. The first-order chi connectivity index (χ1) is 14.2. The van der Waals surface area contributed by atoms with Crippen LogP contribution in [0.3, 0.4) is 0 Å². The number of nitrogens with zero attached hydrogens (tertiary/aromatic N) is 5. The van der Waals surface area contributed by atoms with Gasteiger partial charge in [-0.05, 0) is 43.2 Å². The van der Waals surface area contributed by atoms with E-state index in [0.29, 0.717) is 31.1 Å². The van der Waals surface area contributed by atoms with Crippen molar-refractivity contribution < 1.29 is 9.21 Å². The molecule has 0 bridgehead atoms. The average Bonchev–Trinajstić information content (AvgIpc) is 3.30. The highest BCUT2D eigenvalue weighted by molar-refractivity contribution is 5.79. The molecule has 0 spiro atoms. The lowest BCUT2D eigenvalue weighted by atomic mass is 9.97. The molecule has 9 heteroatoms. The van der Waals surface area contributed by atoms with Gasteiger partial charge < -0.3 is 14.6 Å². The molecule has 0 radical (unpaired) electrons. The Morgan fingerprint density at radius 1 is 1.21 bits per heavy atom. The van der Waals surface area contributed by atoms with Crippen LogP contribution in [-0.4, -0.2) is 45.5 Å². The van der Waals surface area contributed by atoms with Crippen LogP contribution < -0.4 is 15.8 Å². The maximum atomic E-state index is 12.6. The first-order valence-electron chi connectivity index (χ1n) is 9.63. The van der Waals surface area contributed by atoms with Crippen molar-refractivity contribution in [2.24, 2.45) is 5.92 Å². The Kier molecular flexibility index (Phi) is 5.64. The molecule has 4 rings (SSSR count). The van der Waals surface area contributed by atoms with Crippen LogP contribution in [0.4, 0.5) is 5.82 Å². The number of carbonyl (C=O) groups excluding carboxylic acids is 1. The van der Waals surface area contributed by atoms with Crippen molar-refractivity contribution in [2.45, 2.75) is 19.4 Å². The number of piperidine rings is 1. The Morgan fingerprint density at radius 3 is 2.90 bits per heavy atom. The van der Waals surface area contributed by atoms with Crippen molar-refractivity contribution in [1.82, 2.24) is 25.3 Å². The average molecular weight is 394 g/mol. The highest BCUT2D eigenvalue weighted by Gasteiger charge is 2.26. The monoisotopic (exact) mass is 394 g/mol. The van der Waals surface area contributed by atoms with Gasteiger partial charge in [0, 0.05) is 31.9 Å². The SMILES string of the molecule is O=C(NCCn1ncccc1=O)C1CCCN(c2ccc(-c3ccco3)nn2)C1. The second kappa shape index (κ2) is 8.68. The van der Waals surface area contributed by atoms with Crippen molar-refractivity contribution in [1.29, 1.82) is 0 Å². The lowest BCUT2D eigenvalue weighted by Crippen LogP contribution is -2.44. The van der Waals surface area contributed by atoms with Crippen LogP contribution in [0.2, 0.25) is 0 Å². The van der Waals surface area contributed by atoms with Crippen LogP contribution in [0.25, 0.3) is 11.5 Å². The molecule has 9 nitrogen and oxygen atoms in total. The number of rotatable bonds is 6. The molecule has 150 valence electrons. The summed E-state index contributed by atoms with van der Waals surface area (Å²) in [7, 11) is 0. The van der Waals surface area contributed by atoms with Crippen LogP contribution >= 0.6 is 0 Å². The Morgan fingerprint density at radius 2 is 2.14 bits per heavy atom. The second-order valence-electron chi connectivity index (χ2n) is 6.92. The number of amides is 1. The van der Waals surface area contributed by atoms with Crippen molar-refractivity contribution in [3.05, 3.63) is 59.2 Å². The third-order valence-electron chi connectivity index (χ3n) is 4.95. The molecule has 1 fully saturated rings. The number of anilines is 1. The lowest BCUT2D eigenvalue weighted by molar-refractivity contribution is -0.125. The summed E-state index contributed by atoms with van der Waals surface area (Å²) in [5, 5.41) is 15.4. The summed E-state index contributed by atoms with van der Waals surface area (Å²) >= 11 is 0. The fourth-order valence-corrected chi connectivity index (χ4v) is 3.43. The minimum absolute atomic E-state index is 0.0150. The molecule has 1 N–H and O–H groups in total.